The maximum Gasteiger partial charge on any atom is 0.573 e. The van der Waals surface area contributed by atoms with Crippen molar-refractivity contribution >= 4 is 22.8 Å². The minimum Gasteiger partial charge on any atom is -0.505 e. The Balaban J connectivity index is 2.18. The number of carboxylic acids is 1. The van der Waals surface area contributed by atoms with E-state index < -0.39 is 41.5 Å². The smallest absolute Gasteiger partial charge is 0.505 e. The number of carbonyl (C=O) groups is 2. The van der Waals surface area contributed by atoms with Crippen molar-refractivity contribution in [3.05, 3.63) is 59.0 Å². The zero-order valence-corrected chi connectivity index (χ0v) is 17.0. The van der Waals surface area contributed by atoms with Crippen LogP contribution in [0, 0.1) is 12.7 Å². The predicted molar refractivity (Wildman–Crippen MR) is 106 cm³/mol. The molecule has 32 heavy (non-hydrogen) atoms. The first kappa shape index (κ1) is 23.1. The number of phenols is 1. The number of fused-ring (bicyclic) bond motifs is 1. The average Bonchev–Trinajstić information content (AvgIpc) is 2.96. The van der Waals surface area contributed by atoms with Crippen molar-refractivity contribution in [2.75, 3.05) is 0 Å². The summed E-state index contributed by atoms with van der Waals surface area (Å²) in [4.78, 5) is 25.1. The van der Waals surface area contributed by atoms with E-state index in [4.69, 9.17) is 0 Å². The van der Waals surface area contributed by atoms with Crippen LogP contribution < -0.4 is 4.74 Å². The van der Waals surface area contributed by atoms with E-state index in [1.165, 1.54) is 6.92 Å². The monoisotopic (exact) mass is 453 g/mol. The van der Waals surface area contributed by atoms with Crippen molar-refractivity contribution in [2.24, 2.45) is 0 Å². The van der Waals surface area contributed by atoms with Crippen molar-refractivity contribution in [3.8, 4) is 11.5 Å². The van der Waals surface area contributed by atoms with Gasteiger partial charge in [0.1, 0.15) is 5.75 Å². The molecular weight excluding hydrogens is 434 g/mol. The maximum atomic E-state index is 14.1. The minimum atomic E-state index is -4.89. The Morgan fingerprint density at radius 2 is 1.78 bits per heavy atom. The van der Waals surface area contributed by atoms with Gasteiger partial charge in [-0.2, -0.15) is 0 Å². The molecule has 0 radical (unpaired) electrons. The van der Waals surface area contributed by atoms with E-state index >= 15 is 0 Å². The first-order valence-corrected chi connectivity index (χ1v) is 9.61. The highest BCUT2D eigenvalue weighted by Gasteiger charge is 2.32. The van der Waals surface area contributed by atoms with Gasteiger partial charge in [-0.25, -0.2) is 4.39 Å². The fourth-order valence-electron chi connectivity index (χ4n) is 3.76. The lowest BCUT2D eigenvalue weighted by molar-refractivity contribution is -0.274. The number of carbonyl (C=O) groups excluding carboxylic acids is 1. The van der Waals surface area contributed by atoms with Gasteiger partial charge in [0, 0.05) is 22.7 Å². The number of benzene rings is 2. The second-order valence-electron chi connectivity index (χ2n) is 7.21. The van der Waals surface area contributed by atoms with Gasteiger partial charge in [0.25, 0.3) is 5.91 Å². The number of ether oxygens (including phenoxy) is 1. The van der Waals surface area contributed by atoms with Crippen molar-refractivity contribution < 1.29 is 42.1 Å². The lowest BCUT2D eigenvalue weighted by atomic mass is 9.92. The van der Waals surface area contributed by atoms with Crippen LogP contribution in [0.2, 0.25) is 0 Å². The third kappa shape index (κ3) is 4.39. The van der Waals surface area contributed by atoms with E-state index in [0.717, 1.165) is 41.0 Å². The van der Waals surface area contributed by atoms with Crippen molar-refractivity contribution in [1.82, 2.24) is 4.57 Å². The molecule has 0 spiro atoms. The molecule has 1 atom stereocenters. The van der Waals surface area contributed by atoms with Crippen LogP contribution in [0.15, 0.2) is 36.4 Å². The van der Waals surface area contributed by atoms with E-state index in [9.17, 15) is 37.4 Å². The van der Waals surface area contributed by atoms with Crippen molar-refractivity contribution in [2.45, 2.75) is 39.0 Å². The number of rotatable bonds is 6. The summed E-state index contributed by atoms with van der Waals surface area (Å²) in [6.07, 6.45) is -4.13. The zero-order valence-electron chi connectivity index (χ0n) is 17.0. The summed E-state index contributed by atoms with van der Waals surface area (Å²) < 4.78 is 56.1. The first-order valence-electron chi connectivity index (χ1n) is 9.61. The number of aliphatic carboxylic acids is 1. The molecule has 0 saturated carbocycles. The average molecular weight is 453 g/mol. The summed E-state index contributed by atoms with van der Waals surface area (Å²) in [5, 5.41) is 19.8. The van der Waals surface area contributed by atoms with Crippen LogP contribution in [0.3, 0.4) is 0 Å². The number of hydrogen-bond acceptors (Lipinski definition) is 4. The lowest BCUT2D eigenvalue weighted by Crippen LogP contribution is -2.18. The van der Waals surface area contributed by atoms with Gasteiger partial charge < -0.3 is 14.9 Å². The molecule has 0 saturated heterocycles. The molecule has 0 fully saturated rings. The molecule has 1 aromatic heterocycles. The third-order valence-corrected chi connectivity index (χ3v) is 5.08. The van der Waals surface area contributed by atoms with Crippen LogP contribution in [0.1, 0.15) is 47.3 Å². The number of carboxylic acid groups (broad SMARTS) is 1. The molecule has 6 nitrogen and oxygen atoms in total. The number of aromatic nitrogens is 1. The topological polar surface area (TPSA) is 88.8 Å². The first-order chi connectivity index (χ1) is 14.9. The molecule has 10 heteroatoms. The molecule has 0 amide bonds. The van der Waals surface area contributed by atoms with Crippen LogP contribution in [0.5, 0.6) is 11.5 Å². The Hall–Kier alpha value is -3.56. The molecule has 2 N–H and O–H groups in total. The van der Waals surface area contributed by atoms with Crippen LogP contribution in [-0.2, 0) is 4.79 Å². The number of nitrogens with zero attached hydrogens (tertiary/aromatic N) is 1. The second kappa shape index (κ2) is 8.52. The molecule has 0 aliphatic rings. The van der Waals surface area contributed by atoms with Crippen LogP contribution in [-0.4, -0.2) is 33.0 Å². The summed E-state index contributed by atoms with van der Waals surface area (Å²) in [6.45, 7) is 3.28. The molecule has 3 rings (SSSR count). The number of aromatic hydroxyl groups is 1. The molecule has 0 aliphatic heterocycles. The lowest BCUT2D eigenvalue weighted by Gasteiger charge is -2.13. The fraction of sp³-hybridized carbons (Fsp3) is 0.273. The molecule has 2 aromatic carbocycles. The van der Waals surface area contributed by atoms with Gasteiger partial charge in [0.05, 0.1) is 11.4 Å². The summed E-state index contributed by atoms with van der Waals surface area (Å²) in [7, 11) is 0. The van der Waals surface area contributed by atoms with Gasteiger partial charge in [-0.3, -0.25) is 14.2 Å². The summed E-state index contributed by atoms with van der Waals surface area (Å²) >= 11 is 0. The van der Waals surface area contributed by atoms with Crippen LogP contribution in [0.25, 0.3) is 10.9 Å². The van der Waals surface area contributed by atoms with Gasteiger partial charge >= 0.3 is 12.3 Å². The summed E-state index contributed by atoms with van der Waals surface area (Å²) in [6, 6.07) is 6.16. The van der Waals surface area contributed by atoms with E-state index in [1.807, 2.05) is 0 Å². The highest BCUT2D eigenvalue weighted by Crippen LogP contribution is 2.37. The number of halogens is 4. The number of phenolic OH excluding ortho intramolecular Hbond substituents is 1. The molecular formula is C22H19F4NO5. The maximum absolute atomic E-state index is 14.1. The molecule has 0 bridgehead atoms. The predicted octanol–water partition coefficient (Wildman–Crippen LogP) is 5.35. The standard InChI is InChI=1S/C22H19F4NO5/c1-3-4-14(21(30)31)19-11(2)27(17-10-16(23)18(28)9-15(17)19)20(29)12-5-7-13(8-6-12)32-22(24,25)26/h5-10,14,28H,3-4H2,1-2H3,(H,30,31)/t14-/m0/s1. The van der Waals surface area contributed by atoms with Crippen molar-refractivity contribution in [3.63, 3.8) is 0 Å². The highest BCUT2D eigenvalue weighted by atomic mass is 19.4. The van der Waals surface area contributed by atoms with Gasteiger partial charge in [0.15, 0.2) is 11.6 Å². The third-order valence-electron chi connectivity index (χ3n) is 5.08. The number of alkyl halides is 3. The van der Waals surface area contributed by atoms with Crippen molar-refractivity contribution in [1.29, 1.82) is 0 Å². The largest absolute Gasteiger partial charge is 0.573 e. The Bertz CT molecular complexity index is 1180. The van der Waals surface area contributed by atoms with E-state index in [0.29, 0.717) is 6.42 Å². The second-order valence-corrected chi connectivity index (χ2v) is 7.21. The quantitative estimate of drug-likeness (QED) is 0.491. The van der Waals surface area contributed by atoms with E-state index in [2.05, 4.69) is 4.74 Å². The molecule has 170 valence electrons. The molecule has 1 heterocycles. The SMILES string of the molecule is CCC[C@H](C(=O)O)c1c(C)n(C(=O)c2ccc(OC(F)(F)F)cc2)c2cc(F)c(O)cc12. The van der Waals surface area contributed by atoms with Crippen LogP contribution >= 0.6 is 0 Å². The highest BCUT2D eigenvalue weighted by molar-refractivity contribution is 6.05. The van der Waals surface area contributed by atoms with Gasteiger partial charge in [-0.15, -0.1) is 13.2 Å². The van der Waals surface area contributed by atoms with E-state index in [1.54, 1.807) is 6.92 Å². The Morgan fingerprint density at radius 3 is 2.31 bits per heavy atom. The summed E-state index contributed by atoms with van der Waals surface area (Å²) in [5.74, 6) is -5.08. The summed E-state index contributed by atoms with van der Waals surface area (Å²) in [5.41, 5.74) is 0.499. The van der Waals surface area contributed by atoms with Gasteiger partial charge in [-0.1, -0.05) is 13.3 Å². The molecule has 0 aliphatic carbocycles. The van der Waals surface area contributed by atoms with E-state index in [-0.39, 0.29) is 34.1 Å². The van der Waals surface area contributed by atoms with Gasteiger partial charge in [-0.05, 0) is 49.2 Å². The minimum absolute atomic E-state index is 0.0260. The van der Waals surface area contributed by atoms with Gasteiger partial charge in [0.2, 0.25) is 0 Å². The Labute approximate surface area is 179 Å². The fourth-order valence-corrected chi connectivity index (χ4v) is 3.76. The Morgan fingerprint density at radius 1 is 1.16 bits per heavy atom. The molecule has 0 unspecified atom stereocenters. The van der Waals surface area contributed by atoms with Crippen LogP contribution in [0.4, 0.5) is 17.6 Å². The number of hydrogen-bond donors (Lipinski definition) is 2. The molecule has 3 aromatic rings. The normalized spacial score (nSPS) is 12.7. The zero-order chi connectivity index (χ0) is 23.8. The Kier molecular flexibility index (Phi) is 6.16.